The lowest BCUT2D eigenvalue weighted by Gasteiger charge is -1.97. The van der Waals surface area contributed by atoms with E-state index in [0.717, 1.165) is 5.56 Å². The summed E-state index contributed by atoms with van der Waals surface area (Å²) in [5.41, 5.74) is 2.85. The second kappa shape index (κ2) is 3.61. The number of hydrogen-bond donors (Lipinski definition) is 0. The highest BCUT2D eigenvalue weighted by Gasteiger charge is 2.33. The molecule has 1 fully saturated rings. The number of nitrogens with zero attached hydrogens (tertiary/aromatic N) is 1. The first-order chi connectivity index (χ1) is 7.75. The number of rotatable bonds is 2. The van der Waals surface area contributed by atoms with Crippen LogP contribution in [0, 0.1) is 6.92 Å². The minimum absolute atomic E-state index is 0.000742. The predicted molar refractivity (Wildman–Crippen MR) is 60.4 cm³/mol. The van der Waals surface area contributed by atoms with Crippen LogP contribution in [0.5, 0.6) is 0 Å². The Balaban J connectivity index is 2.02. The Hall–Kier alpha value is -1.32. The third-order valence-corrected chi connectivity index (χ3v) is 2.98. The lowest BCUT2D eigenvalue weighted by Crippen LogP contribution is -1.80. The van der Waals surface area contributed by atoms with Crippen LogP contribution in [-0.4, -0.2) is 11.8 Å². The van der Waals surface area contributed by atoms with Gasteiger partial charge in [-0.25, -0.2) is 0 Å². The lowest BCUT2D eigenvalue weighted by molar-refractivity contribution is 0.327. The molecule has 0 bridgehead atoms. The molecule has 1 unspecified atom stereocenters. The molecular weight excluding hydrogens is 226 g/mol. The van der Waals surface area contributed by atoms with Gasteiger partial charge in [-0.2, -0.15) is 0 Å². The topological polar surface area (TPSA) is 38.6 Å². The molecule has 1 saturated heterocycles. The van der Waals surface area contributed by atoms with Gasteiger partial charge in [-0.05, 0) is 6.92 Å². The molecule has 0 amide bonds. The van der Waals surface area contributed by atoms with Crippen molar-refractivity contribution in [3.63, 3.8) is 0 Å². The van der Waals surface area contributed by atoms with Gasteiger partial charge in [0.2, 0.25) is 0 Å². The Labute approximate surface area is 98.0 Å². The molecule has 16 heavy (non-hydrogen) atoms. The summed E-state index contributed by atoms with van der Waals surface area (Å²) < 4.78 is 10.3. The highest BCUT2D eigenvalue weighted by molar-refractivity contribution is 6.33. The Bertz CT molecular complexity index is 514. The van der Waals surface area contributed by atoms with Crippen LogP contribution in [0.2, 0.25) is 5.02 Å². The summed E-state index contributed by atoms with van der Waals surface area (Å²) in [5, 5.41) is 4.55. The van der Waals surface area contributed by atoms with Gasteiger partial charge in [0.05, 0.1) is 6.61 Å². The summed E-state index contributed by atoms with van der Waals surface area (Å²) in [5.74, 6) is 0.636. The van der Waals surface area contributed by atoms with Crippen molar-refractivity contribution in [1.29, 1.82) is 0 Å². The molecule has 1 aliphatic heterocycles. The minimum atomic E-state index is -0.000742. The van der Waals surface area contributed by atoms with Gasteiger partial charge in [0.25, 0.3) is 0 Å². The van der Waals surface area contributed by atoms with Gasteiger partial charge < -0.3 is 9.26 Å². The first kappa shape index (κ1) is 9.87. The molecule has 0 spiro atoms. The number of aryl methyl sites for hydroxylation is 1. The van der Waals surface area contributed by atoms with Crippen molar-refractivity contribution in [1.82, 2.24) is 5.16 Å². The van der Waals surface area contributed by atoms with E-state index in [2.05, 4.69) is 5.16 Å². The fourth-order valence-corrected chi connectivity index (χ4v) is 1.88. The van der Waals surface area contributed by atoms with E-state index in [0.29, 0.717) is 23.1 Å². The maximum atomic E-state index is 6.20. The second-order valence-electron chi connectivity index (χ2n) is 3.90. The minimum Gasteiger partial charge on any atom is -0.364 e. The summed E-state index contributed by atoms with van der Waals surface area (Å²) in [4.78, 5) is 0. The third kappa shape index (κ3) is 1.62. The van der Waals surface area contributed by atoms with E-state index in [1.807, 2.05) is 31.2 Å². The van der Waals surface area contributed by atoms with Crippen molar-refractivity contribution < 1.29 is 9.26 Å². The Morgan fingerprint density at radius 1 is 1.31 bits per heavy atom. The van der Waals surface area contributed by atoms with Crippen molar-refractivity contribution in [3.05, 3.63) is 40.6 Å². The van der Waals surface area contributed by atoms with Crippen molar-refractivity contribution >= 4 is 11.6 Å². The fraction of sp³-hybridized carbons (Fsp3) is 0.250. The molecule has 4 heteroatoms. The summed E-state index contributed by atoms with van der Waals surface area (Å²) >= 11 is 6.20. The van der Waals surface area contributed by atoms with Crippen LogP contribution in [-0.2, 0) is 4.74 Å². The lowest BCUT2D eigenvalue weighted by atomic mass is 10.1. The normalized spacial score (nSPS) is 18.8. The molecule has 1 aliphatic rings. The molecular formula is C12H10ClNO2. The molecule has 3 rings (SSSR count). The molecule has 3 nitrogen and oxygen atoms in total. The molecule has 2 aromatic rings. The third-order valence-electron chi connectivity index (χ3n) is 2.61. The fourth-order valence-electron chi connectivity index (χ4n) is 1.58. The van der Waals surface area contributed by atoms with Crippen LogP contribution in [0.4, 0.5) is 0 Å². The first-order valence-corrected chi connectivity index (χ1v) is 5.47. The van der Waals surface area contributed by atoms with Crippen LogP contribution < -0.4 is 0 Å². The molecule has 0 saturated carbocycles. The summed E-state index contributed by atoms with van der Waals surface area (Å²) in [7, 11) is 0. The van der Waals surface area contributed by atoms with E-state index < -0.39 is 0 Å². The molecule has 2 heterocycles. The van der Waals surface area contributed by atoms with Crippen molar-refractivity contribution in [2.45, 2.75) is 13.0 Å². The van der Waals surface area contributed by atoms with Crippen molar-refractivity contribution in [2.75, 3.05) is 6.61 Å². The Morgan fingerprint density at radius 3 is 2.62 bits per heavy atom. The quantitative estimate of drug-likeness (QED) is 0.749. The highest BCUT2D eigenvalue weighted by Crippen LogP contribution is 2.39. The zero-order valence-electron chi connectivity index (χ0n) is 8.74. The van der Waals surface area contributed by atoms with Gasteiger partial charge in [0.15, 0.2) is 5.76 Å². The van der Waals surface area contributed by atoms with Gasteiger partial charge in [0, 0.05) is 5.56 Å². The van der Waals surface area contributed by atoms with Crippen LogP contribution in [0.3, 0.4) is 0 Å². The van der Waals surface area contributed by atoms with Gasteiger partial charge in [-0.3, -0.25) is 0 Å². The van der Waals surface area contributed by atoms with Crippen molar-refractivity contribution in [3.8, 4) is 11.3 Å². The monoisotopic (exact) mass is 235 g/mol. The summed E-state index contributed by atoms with van der Waals surface area (Å²) in [6, 6.07) is 8.01. The van der Waals surface area contributed by atoms with E-state index in [4.69, 9.17) is 20.9 Å². The molecule has 1 aromatic heterocycles. The number of benzene rings is 1. The zero-order valence-corrected chi connectivity index (χ0v) is 9.49. The van der Waals surface area contributed by atoms with Crippen LogP contribution >= 0.6 is 11.6 Å². The van der Waals surface area contributed by atoms with Crippen molar-refractivity contribution in [2.24, 2.45) is 0 Å². The average molecular weight is 236 g/mol. The molecule has 0 N–H and O–H groups in total. The first-order valence-electron chi connectivity index (χ1n) is 5.09. The van der Waals surface area contributed by atoms with E-state index in [1.54, 1.807) is 0 Å². The van der Waals surface area contributed by atoms with Crippen LogP contribution in [0.25, 0.3) is 11.3 Å². The maximum Gasteiger partial charge on any atom is 0.187 e. The maximum absolute atomic E-state index is 6.20. The van der Waals surface area contributed by atoms with Gasteiger partial charge in [-0.1, -0.05) is 46.6 Å². The highest BCUT2D eigenvalue weighted by atomic mass is 35.5. The van der Waals surface area contributed by atoms with E-state index >= 15 is 0 Å². The van der Waals surface area contributed by atoms with E-state index in [1.165, 1.54) is 5.56 Å². The number of epoxide rings is 1. The van der Waals surface area contributed by atoms with E-state index in [-0.39, 0.29) is 6.10 Å². The predicted octanol–water partition coefficient (Wildman–Crippen LogP) is 3.37. The van der Waals surface area contributed by atoms with Crippen LogP contribution in [0.15, 0.2) is 28.8 Å². The molecule has 0 aliphatic carbocycles. The number of aromatic nitrogens is 1. The summed E-state index contributed by atoms with van der Waals surface area (Å²) in [6.45, 7) is 2.71. The largest absolute Gasteiger partial charge is 0.364 e. The molecule has 1 atom stereocenters. The summed E-state index contributed by atoms with van der Waals surface area (Å²) in [6.07, 6.45) is -0.000742. The average Bonchev–Trinajstić information content (AvgIpc) is 3.05. The smallest absolute Gasteiger partial charge is 0.187 e. The van der Waals surface area contributed by atoms with Gasteiger partial charge in [0.1, 0.15) is 16.8 Å². The van der Waals surface area contributed by atoms with E-state index in [9.17, 15) is 0 Å². The molecule has 82 valence electrons. The van der Waals surface area contributed by atoms with Gasteiger partial charge >= 0.3 is 0 Å². The van der Waals surface area contributed by atoms with Gasteiger partial charge in [-0.15, -0.1) is 0 Å². The molecule has 0 radical (unpaired) electrons. The van der Waals surface area contributed by atoms with Crippen LogP contribution in [0.1, 0.15) is 17.4 Å². The number of ether oxygens (including phenoxy) is 1. The number of hydrogen-bond acceptors (Lipinski definition) is 3. The zero-order chi connectivity index (χ0) is 11.1. The standard InChI is InChI=1S/C12H10ClNO2/c1-7-2-4-8(5-3-7)11-10(13)12(16-14-11)9-6-15-9/h2-5,9H,6H2,1H3. The number of halogens is 1. The SMILES string of the molecule is Cc1ccc(-c2noc(C3CO3)c2Cl)cc1. The molecule has 1 aromatic carbocycles. The second-order valence-corrected chi connectivity index (χ2v) is 4.28. The Kier molecular flexibility index (Phi) is 2.23. The Morgan fingerprint density at radius 2 is 2.00 bits per heavy atom.